The van der Waals surface area contributed by atoms with E-state index in [2.05, 4.69) is 21.2 Å². The van der Waals surface area contributed by atoms with E-state index in [0.717, 1.165) is 15.6 Å². The number of carbonyl (C=O) groups excluding carboxylic acids is 1. The lowest BCUT2D eigenvalue weighted by molar-refractivity contribution is 0.102. The minimum atomic E-state index is -0.173. The number of amides is 1. The van der Waals surface area contributed by atoms with E-state index >= 15 is 0 Å². The van der Waals surface area contributed by atoms with Crippen LogP contribution in [0.3, 0.4) is 0 Å². The van der Waals surface area contributed by atoms with Crippen LogP contribution in [0.2, 0.25) is 0 Å². The van der Waals surface area contributed by atoms with E-state index in [0.29, 0.717) is 16.9 Å². The molecule has 0 saturated carbocycles. The summed E-state index contributed by atoms with van der Waals surface area (Å²) in [5, 5.41) is 2.86. The van der Waals surface area contributed by atoms with Crippen LogP contribution in [-0.4, -0.2) is 5.91 Å². The molecule has 0 fully saturated rings. The monoisotopic (exact) mass is 318 g/mol. The Balaban J connectivity index is 2.31. The third-order valence-electron chi connectivity index (χ3n) is 2.91. The van der Waals surface area contributed by atoms with Gasteiger partial charge in [0, 0.05) is 4.47 Å². The fraction of sp³-hybridized carbons (Fsp3) is 0.133. The van der Waals surface area contributed by atoms with Crippen molar-refractivity contribution in [1.82, 2.24) is 0 Å². The summed E-state index contributed by atoms with van der Waals surface area (Å²) in [6.07, 6.45) is 0. The first kappa shape index (κ1) is 13.6. The average Bonchev–Trinajstić information content (AvgIpc) is 2.33. The molecule has 0 saturated heterocycles. The number of hydrogen-bond acceptors (Lipinski definition) is 2. The molecular formula is C15H15BrN2O. The Morgan fingerprint density at radius 2 is 1.95 bits per heavy atom. The standard InChI is InChI=1S/C15H15BrN2O/c1-9-6-7-11(12(16)8-9)15(19)18-14-10(2)4-3-5-13(14)17/h3-8H,17H2,1-2H3,(H,18,19). The molecule has 2 rings (SSSR count). The fourth-order valence-electron chi connectivity index (χ4n) is 1.85. The topological polar surface area (TPSA) is 55.1 Å². The molecule has 98 valence electrons. The highest BCUT2D eigenvalue weighted by Gasteiger charge is 2.12. The van der Waals surface area contributed by atoms with Crippen molar-refractivity contribution in [2.75, 3.05) is 11.1 Å². The molecule has 0 aliphatic rings. The Morgan fingerprint density at radius 1 is 1.21 bits per heavy atom. The molecule has 0 unspecified atom stereocenters. The van der Waals surface area contributed by atoms with E-state index in [9.17, 15) is 4.79 Å². The minimum absolute atomic E-state index is 0.173. The van der Waals surface area contributed by atoms with Gasteiger partial charge in [0.2, 0.25) is 0 Å². The van der Waals surface area contributed by atoms with Gasteiger partial charge in [-0.05, 0) is 59.1 Å². The van der Waals surface area contributed by atoms with Gasteiger partial charge in [-0.3, -0.25) is 4.79 Å². The highest BCUT2D eigenvalue weighted by molar-refractivity contribution is 9.10. The number of benzene rings is 2. The first-order valence-corrected chi connectivity index (χ1v) is 6.71. The minimum Gasteiger partial charge on any atom is -0.397 e. The van der Waals surface area contributed by atoms with E-state index < -0.39 is 0 Å². The van der Waals surface area contributed by atoms with Crippen molar-refractivity contribution < 1.29 is 4.79 Å². The molecule has 19 heavy (non-hydrogen) atoms. The lowest BCUT2D eigenvalue weighted by Gasteiger charge is -2.12. The van der Waals surface area contributed by atoms with E-state index in [1.165, 1.54) is 0 Å². The summed E-state index contributed by atoms with van der Waals surface area (Å²) < 4.78 is 0.775. The number of rotatable bonds is 2. The van der Waals surface area contributed by atoms with E-state index in [1.54, 1.807) is 12.1 Å². The zero-order valence-corrected chi connectivity index (χ0v) is 12.4. The maximum absolute atomic E-state index is 12.3. The summed E-state index contributed by atoms with van der Waals surface area (Å²) >= 11 is 3.41. The summed E-state index contributed by atoms with van der Waals surface area (Å²) in [4.78, 5) is 12.3. The zero-order chi connectivity index (χ0) is 14.0. The van der Waals surface area contributed by atoms with Gasteiger partial charge in [0.25, 0.3) is 5.91 Å². The third kappa shape index (κ3) is 2.96. The number of anilines is 2. The summed E-state index contributed by atoms with van der Waals surface area (Å²) in [6, 6.07) is 11.2. The second-order valence-electron chi connectivity index (χ2n) is 4.48. The second-order valence-corrected chi connectivity index (χ2v) is 5.33. The smallest absolute Gasteiger partial charge is 0.256 e. The largest absolute Gasteiger partial charge is 0.397 e. The molecule has 0 radical (unpaired) electrons. The highest BCUT2D eigenvalue weighted by atomic mass is 79.9. The summed E-state index contributed by atoms with van der Waals surface area (Å²) in [6.45, 7) is 3.89. The maximum Gasteiger partial charge on any atom is 0.256 e. The quantitative estimate of drug-likeness (QED) is 0.825. The number of halogens is 1. The fourth-order valence-corrected chi connectivity index (χ4v) is 2.52. The zero-order valence-electron chi connectivity index (χ0n) is 10.8. The van der Waals surface area contributed by atoms with E-state index in [-0.39, 0.29) is 5.91 Å². The lowest BCUT2D eigenvalue weighted by atomic mass is 10.1. The van der Waals surface area contributed by atoms with Gasteiger partial charge >= 0.3 is 0 Å². The summed E-state index contributed by atoms with van der Waals surface area (Å²) in [5.74, 6) is -0.173. The number of carbonyl (C=O) groups is 1. The van der Waals surface area contributed by atoms with Crippen LogP contribution in [0.4, 0.5) is 11.4 Å². The van der Waals surface area contributed by atoms with Crippen LogP contribution in [0.1, 0.15) is 21.5 Å². The molecule has 1 amide bonds. The number of aryl methyl sites for hydroxylation is 2. The van der Waals surface area contributed by atoms with Gasteiger partial charge in [0.15, 0.2) is 0 Å². The van der Waals surface area contributed by atoms with Gasteiger partial charge in [-0.2, -0.15) is 0 Å². The van der Waals surface area contributed by atoms with Gasteiger partial charge in [0.1, 0.15) is 0 Å². The van der Waals surface area contributed by atoms with Crippen molar-refractivity contribution >= 4 is 33.2 Å². The first-order chi connectivity index (χ1) is 8.99. The van der Waals surface area contributed by atoms with Crippen molar-refractivity contribution in [2.45, 2.75) is 13.8 Å². The van der Waals surface area contributed by atoms with Crippen LogP contribution in [0, 0.1) is 13.8 Å². The average molecular weight is 319 g/mol. The number of nitrogens with one attached hydrogen (secondary N) is 1. The van der Waals surface area contributed by atoms with E-state index in [4.69, 9.17) is 5.73 Å². The van der Waals surface area contributed by atoms with Crippen LogP contribution in [0.15, 0.2) is 40.9 Å². The van der Waals surface area contributed by atoms with Crippen molar-refractivity contribution in [3.05, 3.63) is 57.6 Å². The number of para-hydroxylation sites is 1. The van der Waals surface area contributed by atoms with Gasteiger partial charge in [-0.1, -0.05) is 18.2 Å². The van der Waals surface area contributed by atoms with E-state index in [1.807, 2.05) is 38.1 Å². The van der Waals surface area contributed by atoms with Gasteiger partial charge in [-0.25, -0.2) is 0 Å². The van der Waals surface area contributed by atoms with Gasteiger partial charge in [0.05, 0.1) is 16.9 Å². The van der Waals surface area contributed by atoms with Crippen LogP contribution in [0.25, 0.3) is 0 Å². The van der Waals surface area contributed by atoms with Gasteiger partial charge < -0.3 is 11.1 Å². The predicted octanol–water partition coefficient (Wildman–Crippen LogP) is 3.90. The van der Waals surface area contributed by atoms with Crippen molar-refractivity contribution in [3.63, 3.8) is 0 Å². The maximum atomic E-state index is 12.3. The number of hydrogen-bond donors (Lipinski definition) is 2. The SMILES string of the molecule is Cc1ccc(C(=O)Nc2c(C)cccc2N)c(Br)c1. The van der Waals surface area contributed by atoms with Crippen molar-refractivity contribution in [2.24, 2.45) is 0 Å². The molecule has 3 N–H and O–H groups in total. The molecule has 0 atom stereocenters. The predicted molar refractivity (Wildman–Crippen MR) is 82.4 cm³/mol. The summed E-state index contributed by atoms with van der Waals surface area (Å²) in [7, 11) is 0. The molecule has 0 aliphatic heterocycles. The molecule has 0 aliphatic carbocycles. The van der Waals surface area contributed by atoms with Gasteiger partial charge in [-0.15, -0.1) is 0 Å². The van der Waals surface area contributed by atoms with Crippen LogP contribution in [0.5, 0.6) is 0 Å². The third-order valence-corrected chi connectivity index (χ3v) is 3.57. The van der Waals surface area contributed by atoms with Crippen molar-refractivity contribution in [3.8, 4) is 0 Å². The summed E-state index contributed by atoms with van der Waals surface area (Å²) in [5.41, 5.74) is 9.74. The number of nitrogens with two attached hydrogens (primary N) is 1. The van der Waals surface area contributed by atoms with Crippen LogP contribution in [-0.2, 0) is 0 Å². The molecular weight excluding hydrogens is 304 g/mol. The molecule has 2 aromatic carbocycles. The normalized spacial score (nSPS) is 10.3. The Morgan fingerprint density at radius 3 is 2.58 bits per heavy atom. The molecule has 2 aromatic rings. The van der Waals surface area contributed by atoms with Crippen LogP contribution >= 0.6 is 15.9 Å². The Bertz CT molecular complexity index is 618. The molecule has 0 bridgehead atoms. The molecule has 0 aromatic heterocycles. The molecule has 0 spiro atoms. The molecule has 0 heterocycles. The molecule has 3 nitrogen and oxygen atoms in total. The Labute approximate surface area is 121 Å². The van der Waals surface area contributed by atoms with Crippen molar-refractivity contribution in [1.29, 1.82) is 0 Å². The second kappa shape index (κ2) is 5.45. The molecule has 4 heteroatoms. The number of nitrogen functional groups attached to an aromatic ring is 1. The van der Waals surface area contributed by atoms with Crippen LogP contribution < -0.4 is 11.1 Å². The Kier molecular flexibility index (Phi) is 3.90. The first-order valence-electron chi connectivity index (χ1n) is 5.91. The highest BCUT2D eigenvalue weighted by Crippen LogP contribution is 2.25. The lowest BCUT2D eigenvalue weighted by Crippen LogP contribution is -2.14. The Hall–Kier alpha value is -1.81.